The van der Waals surface area contributed by atoms with Crippen molar-refractivity contribution in [2.45, 2.75) is 13.2 Å². The van der Waals surface area contributed by atoms with Crippen molar-refractivity contribution in [1.82, 2.24) is 14.5 Å². The standard InChI is InChI=1S/C18H19N3O3S/c1-20(11-13-6-4-3-5-7-13)18(22)23-12-17-19-15-10-14(24-25)8-9-16(15)21(17)2/h3-10,25H,11-12H2,1-2H3. The molecular weight excluding hydrogens is 338 g/mol. The maximum Gasteiger partial charge on any atom is 0.410 e. The molecule has 1 amide bonds. The van der Waals surface area contributed by atoms with Crippen LogP contribution in [0.5, 0.6) is 5.75 Å². The Bertz CT molecular complexity index is 880. The molecule has 2 aromatic carbocycles. The molecule has 1 aromatic heterocycles. The molecule has 7 heteroatoms. The number of hydrogen-bond donors (Lipinski definition) is 1. The predicted molar refractivity (Wildman–Crippen MR) is 98.4 cm³/mol. The summed E-state index contributed by atoms with van der Waals surface area (Å²) in [4.78, 5) is 18.2. The van der Waals surface area contributed by atoms with Crippen LogP contribution in [0.4, 0.5) is 4.79 Å². The maximum absolute atomic E-state index is 12.2. The average molecular weight is 357 g/mol. The van der Waals surface area contributed by atoms with Crippen LogP contribution in [0.2, 0.25) is 0 Å². The van der Waals surface area contributed by atoms with E-state index in [1.54, 1.807) is 19.2 Å². The lowest BCUT2D eigenvalue weighted by atomic mass is 10.2. The Kier molecular flexibility index (Phi) is 5.14. The van der Waals surface area contributed by atoms with Crippen molar-refractivity contribution < 1.29 is 13.7 Å². The third kappa shape index (κ3) is 3.88. The predicted octanol–water partition coefficient (Wildman–Crippen LogP) is 3.57. The molecule has 0 radical (unpaired) electrons. The quantitative estimate of drug-likeness (QED) is 0.560. The van der Waals surface area contributed by atoms with Gasteiger partial charge in [-0.15, -0.1) is 0 Å². The minimum atomic E-state index is -0.393. The van der Waals surface area contributed by atoms with Crippen molar-refractivity contribution in [3.63, 3.8) is 0 Å². The first-order chi connectivity index (χ1) is 12.1. The summed E-state index contributed by atoms with van der Waals surface area (Å²) in [5, 5.41) is 0. The van der Waals surface area contributed by atoms with Crippen molar-refractivity contribution in [2.24, 2.45) is 7.05 Å². The number of imidazole rings is 1. The van der Waals surface area contributed by atoms with E-state index in [1.165, 1.54) is 4.90 Å². The monoisotopic (exact) mass is 357 g/mol. The number of hydrogen-bond acceptors (Lipinski definition) is 5. The smallest absolute Gasteiger partial charge is 0.410 e. The summed E-state index contributed by atoms with van der Waals surface area (Å²) in [5.74, 6) is 1.27. The van der Waals surface area contributed by atoms with Crippen LogP contribution in [0.25, 0.3) is 11.0 Å². The lowest BCUT2D eigenvalue weighted by Crippen LogP contribution is -2.27. The van der Waals surface area contributed by atoms with Gasteiger partial charge in [0, 0.05) is 39.6 Å². The highest BCUT2D eigenvalue weighted by Gasteiger charge is 2.14. The second-order valence-electron chi connectivity index (χ2n) is 5.73. The van der Waals surface area contributed by atoms with Crippen molar-refractivity contribution in [1.29, 1.82) is 0 Å². The number of ether oxygens (including phenoxy) is 1. The van der Waals surface area contributed by atoms with Gasteiger partial charge < -0.3 is 18.4 Å². The van der Waals surface area contributed by atoms with Gasteiger partial charge in [-0.25, -0.2) is 9.78 Å². The SMILES string of the molecule is CN(Cc1ccccc1)C(=O)OCc1nc2cc(OS)ccc2n1C. The van der Waals surface area contributed by atoms with E-state index in [-0.39, 0.29) is 6.61 Å². The lowest BCUT2D eigenvalue weighted by molar-refractivity contribution is 0.0995. The van der Waals surface area contributed by atoms with Crippen LogP contribution in [0.1, 0.15) is 11.4 Å². The number of carbonyl (C=O) groups excluding carboxylic acids is 1. The molecule has 0 saturated heterocycles. The van der Waals surface area contributed by atoms with Crippen molar-refractivity contribution >= 4 is 30.0 Å². The molecule has 0 aliphatic heterocycles. The van der Waals surface area contributed by atoms with Crippen LogP contribution in [0, 0.1) is 0 Å². The van der Waals surface area contributed by atoms with E-state index in [1.807, 2.05) is 48.0 Å². The molecule has 3 rings (SSSR count). The van der Waals surface area contributed by atoms with Crippen LogP contribution < -0.4 is 4.18 Å². The molecule has 25 heavy (non-hydrogen) atoms. The molecular formula is C18H19N3O3S. The summed E-state index contributed by atoms with van der Waals surface area (Å²) < 4.78 is 12.2. The van der Waals surface area contributed by atoms with Gasteiger partial charge in [0.25, 0.3) is 0 Å². The van der Waals surface area contributed by atoms with E-state index in [0.29, 0.717) is 18.1 Å². The highest BCUT2D eigenvalue weighted by Crippen LogP contribution is 2.22. The summed E-state index contributed by atoms with van der Waals surface area (Å²) in [6.45, 7) is 0.588. The van der Waals surface area contributed by atoms with Crippen LogP contribution in [0.3, 0.4) is 0 Å². The molecule has 0 aliphatic rings. The second-order valence-corrected chi connectivity index (χ2v) is 5.91. The third-order valence-electron chi connectivity index (χ3n) is 3.95. The van der Waals surface area contributed by atoms with Crippen molar-refractivity contribution in [2.75, 3.05) is 7.05 Å². The zero-order chi connectivity index (χ0) is 17.8. The minimum Gasteiger partial charge on any atom is -0.441 e. The second kappa shape index (κ2) is 7.48. The molecule has 0 atom stereocenters. The van der Waals surface area contributed by atoms with E-state index in [0.717, 1.165) is 16.6 Å². The van der Waals surface area contributed by atoms with Gasteiger partial charge in [0.2, 0.25) is 0 Å². The number of benzene rings is 2. The molecule has 0 N–H and O–H groups in total. The summed E-state index contributed by atoms with van der Waals surface area (Å²) in [7, 11) is 3.59. The first-order valence-electron chi connectivity index (χ1n) is 7.77. The molecule has 6 nitrogen and oxygen atoms in total. The van der Waals surface area contributed by atoms with E-state index in [2.05, 4.69) is 17.9 Å². The summed E-state index contributed by atoms with van der Waals surface area (Å²) in [6.07, 6.45) is -0.393. The summed E-state index contributed by atoms with van der Waals surface area (Å²) >= 11 is 3.79. The van der Waals surface area contributed by atoms with Gasteiger partial charge in [0.05, 0.1) is 11.0 Å². The summed E-state index contributed by atoms with van der Waals surface area (Å²) in [6, 6.07) is 15.2. The number of thiol groups is 1. The van der Waals surface area contributed by atoms with Gasteiger partial charge in [-0.1, -0.05) is 30.3 Å². The fourth-order valence-corrected chi connectivity index (χ4v) is 2.69. The van der Waals surface area contributed by atoms with Gasteiger partial charge in [0.1, 0.15) is 11.6 Å². The van der Waals surface area contributed by atoms with Crippen LogP contribution in [-0.2, 0) is 24.9 Å². The average Bonchev–Trinajstić information content (AvgIpc) is 2.95. The minimum absolute atomic E-state index is 0.0974. The number of aryl methyl sites for hydroxylation is 1. The Labute approximate surface area is 151 Å². The van der Waals surface area contributed by atoms with E-state index < -0.39 is 6.09 Å². The van der Waals surface area contributed by atoms with Gasteiger partial charge in [-0.3, -0.25) is 0 Å². The van der Waals surface area contributed by atoms with Crippen LogP contribution >= 0.6 is 12.9 Å². The Balaban J connectivity index is 1.65. The van der Waals surface area contributed by atoms with Gasteiger partial charge in [-0.2, -0.15) is 0 Å². The van der Waals surface area contributed by atoms with Crippen LogP contribution in [-0.4, -0.2) is 27.6 Å². The van der Waals surface area contributed by atoms with Gasteiger partial charge >= 0.3 is 6.09 Å². The van der Waals surface area contributed by atoms with E-state index >= 15 is 0 Å². The van der Waals surface area contributed by atoms with E-state index in [9.17, 15) is 4.79 Å². The first-order valence-corrected chi connectivity index (χ1v) is 8.13. The Morgan fingerprint density at radius 2 is 2.00 bits per heavy atom. The highest BCUT2D eigenvalue weighted by molar-refractivity contribution is 7.75. The molecule has 0 spiro atoms. The number of amides is 1. The lowest BCUT2D eigenvalue weighted by Gasteiger charge is -2.16. The molecule has 130 valence electrons. The van der Waals surface area contributed by atoms with Gasteiger partial charge in [-0.05, 0) is 17.7 Å². The zero-order valence-corrected chi connectivity index (χ0v) is 14.9. The number of carbonyl (C=O) groups is 1. The van der Waals surface area contributed by atoms with Gasteiger partial charge in [0.15, 0.2) is 6.61 Å². The van der Waals surface area contributed by atoms with E-state index in [4.69, 9.17) is 8.92 Å². The Hall–Kier alpha value is -2.67. The molecule has 0 aliphatic carbocycles. The van der Waals surface area contributed by atoms with Crippen LogP contribution in [0.15, 0.2) is 48.5 Å². The normalized spacial score (nSPS) is 10.7. The first kappa shape index (κ1) is 17.2. The molecule has 1 heterocycles. The van der Waals surface area contributed by atoms with Crippen molar-refractivity contribution in [3.8, 4) is 5.75 Å². The molecule has 0 unspecified atom stereocenters. The number of nitrogens with zero attached hydrogens (tertiary/aromatic N) is 3. The molecule has 0 fully saturated rings. The Morgan fingerprint density at radius 3 is 2.72 bits per heavy atom. The fourth-order valence-electron chi connectivity index (χ4n) is 2.57. The number of fused-ring (bicyclic) bond motifs is 1. The summed E-state index contributed by atoms with van der Waals surface area (Å²) in [5.41, 5.74) is 2.74. The topological polar surface area (TPSA) is 56.6 Å². The number of rotatable bonds is 5. The third-order valence-corrected chi connectivity index (χ3v) is 4.16. The number of aromatic nitrogens is 2. The molecule has 3 aromatic rings. The highest BCUT2D eigenvalue weighted by atomic mass is 32.1. The molecule has 0 saturated carbocycles. The maximum atomic E-state index is 12.2. The molecule has 0 bridgehead atoms. The fraction of sp³-hybridized carbons (Fsp3) is 0.222. The van der Waals surface area contributed by atoms with Crippen molar-refractivity contribution in [3.05, 3.63) is 59.9 Å². The zero-order valence-electron chi connectivity index (χ0n) is 14.0. The largest absolute Gasteiger partial charge is 0.441 e. The Morgan fingerprint density at radius 1 is 1.24 bits per heavy atom.